The molecule has 3 aromatic carbocycles. The highest BCUT2D eigenvalue weighted by Gasteiger charge is 2.18. The largest absolute Gasteiger partial charge is 0.507 e. The standard InChI is InChI=1S/C18H17N3O7S2/c1-11-4-2-3-5-14(11)20-21-18-15(19-10-29(23,24)25)7-6-12-8-13(30(26,27)28)9-16(22)17(12)18/h2-9,19,22H,10H2,1H3,(H,23,24,25)(H,26,27,28). The molecule has 0 aliphatic rings. The van der Waals surface area contributed by atoms with Crippen LogP contribution in [0.3, 0.4) is 0 Å². The van der Waals surface area contributed by atoms with Gasteiger partial charge in [-0.2, -0.15) is 21.9 Å². The van der Waals surface area contributed by atoms with Crippen molar-refractivity contribution < 1.29 is 31.0 Å². The molecule has 158 valence electrons. The van der Waals surface area contributed by atoms with Gasteiger partial charge in [0, 0.05) is 6.07 Å². The first-order chi connectivity index (χ1) is 14.0. The lowest BCUT2D eigenvalue weighted by atomic mass is 10.1. The van der Waals surface area contributed by atoms with Crippen LogP contribution >= 0.6 is 0 Å². The van der Waals surface area contributed by atoms with Gasteiger partial charge in [0.05, 0.1) is 21.7 Å². The summed E-state index contributed by atoms with van der Waals surface area (Å²) < 4.78 is 63.4. The number of phenols is 1. The fraction of sp³-hybridized carbons (Fsp3) is 0.111. The van der Waals surface area contributed by atoms with Gasteiger partial charge in [-0.25, -0.2) is 0 Å². The minimum absolute atomic E-state index is 0.0128. The third-order valence-electron chi connectivity index (χ3n) is 4.16. The van der Waals surface area contributed by atoms with Crippen molar-refractivity contribution in [3.05, 3.63) is 54.1 Å². The molecule has 0 heterocycles. The van der Waals surface area contributed by atoms with E-state index >= 15 is 0 Å². The number of nitrogens with zero attached hydrogens (tertiary/aromatic N) is 2. The summed E-state index contributed by atoms with van der Waals surface area (Å²) in [4.78, 5) is -0.520. The van der Waals surface area contributed by atoms with Gasteiger partial charge in [-0.05, 0) is 36.1 Å². The molecule has 0 radical (unpaired) electrons. The second-order valence-corrected chi connectivity index (χ2v) is 9.24. The molecule has 0 amide bonds. The maximum Gasteiger partial charge on any atom is 0.294 e. The third-order valence-corrected chi connectivity index (χ3v) is 5.50. The Hall–Kier alpha value is -3.06. The van der Waals surface area contributed by atoms with Gasteiger partial charge < -0.3 is 10.4 Å². The number of benzene rings is 3. The van der Waals surface area contributed by atoms with Gasteiger partial charge in [0.15, 0.2) is 0 Å². The molecular formula is C18H17N3O7S2. The number of nitrogens with one attached hydrogen (secondary N) is 1. The molecule has 3 aromatic rings. The molecule has 0 unspecified atom stereocenters. The first-order valence-electron chi connectivity index (χ1n) is 8.39. The van der Waals surface area contributed by atoms with Crippen LogP contribution in [0.25, 0.3) is 10.8 Å². The smallest absolute Gasteiger partial charge is 0.294 e. The van der Waals surface area contributed by atoms with E-state index in [1.807, 2.05) is 19.1 Å². The van der Waals surface area contributed by atoms with Gasteiger partial charge in [0.25, 0.3) is 20.2 Å². The first-order valence-corrected chi connectivity index (χ1v) is 11.4. The topological polar surface area (TPSA) is 166 Å². The Bertz CT molecular complexity index is 1370. The van der Waals surface area contributed by atoms with Crippen LogP contribution in [0.15, 0.2) is 63.7 Å². The number of azo groups is 1. The van der Waals surface area contributed by atoms with Gasteiger partial charge in [-0.15, -0.1) is 5.11 Å². The molecular weight excluding hydrogens is 434 g/mol. The lowest BCUT2D eigenvalue weighted by Crippen LogP contribution is -2.13. The molecule has 3 rings (SSSR count). The number of hydrogen-bond donors (Lipinski definition) is 4. The Morgan fingerprint density at radius 2 is 1.67 bits per heavy atom. The fourth-order valence-electron chi connectivity index (χ4n) is 2.74. The van der Waals surface area contributed by atoms with Crippen molar-refractivity contribution in [1.29, 1.82) is 0 Å². The average Bonchev–Trinajstić information content (AvgIpc) is 2.64. The first kappa shape index (κ1) is 21.6. The fourth-order valence-corrected chi connectivity index (χ4v) is 3.62. The number of phenolic OH excluding ortho intramolecular Hbond substituents is 1. The van der Waals surface area contributed by atoms with Crippen molar-refractivity contribution >= 4 is 48.1 Å². The molecule has 0 aromatic heterocycles. The summed E-state index contributed by atoms with van der Waals surface area (Å²) >= 11 is 0. The molecule has 0 saturated heterocycles. The molecule has 0 spiro atoms. The van der Waals surface area contributed by atoms with Crippen molar-refractivity contribution in [2.75, 3.05) is 11.2 Å². The van der Waals surface area contributed by atoms with E-state index < -0.39 is 36.8 Å². The summed E-state index contributed by atoms with van der Waals surface area (Å²) in [6.07, 6.45) is 0. The van der Waals surface area contributed by atoms with E-state index in [-0.39, 0.29) is 22.1 Å². The minimum atomic E-state index is -4.57. The molecule has 0 aliphatic carbocycles. The quantitative estimate of drug-likeness (QED) is 0.324. The zero-order valence-electron chi connectivity index (χ0n) is 15.5. The summed E-state index contributed by atoms with van der Waals surface area (Å²) in [6.45, 7) is 1.81. The highest BCUT2D eigenvalue weighted by Crippen LogP contribution is 2.41. The Labute approximate surface area is 172 Å². The zero-order valence-corrected chi connectivity index (χ0v) is 17.1. The lowest BCUT2D eigenvalue weighted by molar-refractivity contribution is 0.471. The van der Waals surface area contributed by atoms with Crippen LogP contribution < -0.4 is 5.32 Å². The van der Waals surface area contributed by atoms with Crippen LogP contribution in [-0.4, -0.2) is 36.9 Å². The normalized spacial score (nSPS) is 12.5. The van der Waals surface area contributed by atoms with Crippen LogP contribution in [0, 0.1) is 6.92 Å². The number of rotatable bonds is 6. The Kier molecular flexibility index (Phi) is 5.76. The van der Waals surface area contributed by atoms with E-state index in [9.17, 15) is 26.5 Å². The van der Waals surface area contributed by atoms with Crippen molar-refractivity contribution in [3.63, 3.8) is 0 Å². The molecule has 30 heavy (non-hydrogen) atoms. The maximum absolute atomic E-state index is 11.4. The lowest BCUT2D eigenvalue weighted by Gasteiger charge is -2.12. The number of hydrogen-bond acceptors (Lipinski definition) is 8. The predicted octanol–water partition coefficient (Wildman–Crippen LogP) is 3.77. The Balaban J connectivity index is 2.23. The summed E-state index contributed by atoms with van der Waals surface area (Å²) in [5.41, 5.74) is 1.46. The zero-order chi connectivity index (χ0) is 22.1. The molecule has 12 heteroatoms. The van der Waals surface area contributed by atoms with Crippen LogP contribution in [0.4, 0.5) is 17.1 Å². The molecule has 0 saturated carbocycles. The van der Waals surface area contributed by atoms with E-state index in [1.54, 1.807) is 12.1 Å². The van der Waals surface area contributed by atoms with Gasteiger partial charge in [-0.3, -0.25) is 9.11 Å². The van der Waals surface area contributed by atoms with Crippen molar-refractivity contribution in [2.24, 2.45) is 10.2 Å². The molecule has 10 nitrogen and oxygen atoms in total. The van der Waals surface area contributed by atoms with E-state index in [2.05, 4.69) is 15.5 Å². The van der Waals surface area contributed by atoms with Crippen molar-refractivity contribution in [2.45, 2.75) is 11.8 Å². The van der Waals surface area contributed by atoms with Crippen molar-refractivity contribution in [1.82, 2.24) is 0 Å². The molecule has 0 aliphatic heterocycles. The molecule has 0 atom stereocenters. The number of aromatic hydroxyl groups is 1. The molecule has 0 fully saturated rings. The van der Waals surface area contributed by atoms with E-state index in [0.29, 0.717) is 5.69 Å². The SMILES string of the molecule is Cc1ccccc1N=Nc1c(NCS(=O)(=O)O)ccc2cc(S(=O)(=O)O)cc(O)c12. The minimum Gasteiger partial charge on any atom is -0.507 e. The van der Waals surface area contributed by atoms with Crippen molar-refractivity contribution in [3.8, 4) is 5.75 Å². The van der Waals surface area contributed by atoms with Crippen LogP contribution in [0.5, 0.6) is 5.75 Å². The highest BCUT2D eigenvalue weighted by atomic mass is 32.2. The average molecular weight is 451 g/mol. The molecule has 4 N–H and O–H groups in total. The summed E-state index contributed by atoms with van der Waals surface area (Å²) in [5.74, 6) is -1.34. The van der Waals surface area contributed by atoms with Crippen LogP contribution in [-0.2, 0) is 20.2 Å². The number of fused-ring (bicyclic) bond motifs is 1. The monoisotopic (exact) mass is 451 g/mol. The van der Waals surface area contributed by atoms with E-state index in [0.717, 1.165) is 17.7 Å². The third kappa shape index (κ3) is 4.91. The van der Waals surface area contributed by atoms with Gasteiger partial charge in [0.2, 0.25) is 0 Å². The summed E-state index contributed by atoms with van der Waals surface area (Å²) in [7, 11) is -8.93. The van der Waals surface area contributed by atoms with Crippen LogP contribution in [0.2, 0.25) is 0 Å². The van der Waals surface area contributed by atoms with Gasteiger partial charge in [-0.1, -0.05) is 24.3 Å². The van der Waals surface area contributed by atoms with E-state index in [4.69, 9.17) is 4.55 Å². The predicted molar refractivity (Wildman–Crippen MR) is 111 cm³/mol. The Morgan fingerprint density at radius 1 is 0.967 bits per heavy atom. The van der Waals surface area contributed by atoms with Gasteiger partial charge >= 0.3 is 0 Å². The highest BCUT2D eigenvalue weighted by molar-refractivity contribution is 7.86. The Morgan fingerprint density at radius 3 is 2.30 bits per heavy atom. The van der Waals surface area contributed by atoms with Gasteiger partial charge in [0.1, 0.15) is 17.3 Å². The maximum atomic E-state index is 11.4. The van der Waals surface area contributed by atoms with E-state index in [1.165, 1.54) is 12.1 Å². The van der Waals surface area contributed by atoms with Crippen LogP contribution in [0.1, 0.15) is 5.56 Å². The molecule has 0 bridgehead atoms. The second kappa shape index (κ2) is 7.99. The number of aryl methyl sites for hydroxylation is 1. The second-order valence-electron chi connectivity index (χ2n) is 6.37. The summed E-state index contributed by atoms with van der Waals surface area (Å²) in [5, 5.41) is 21.5. The summed E-state index contributed by atoms with van der Waals surface area (Å²) in [6, 6.07) is 11.8. The number of anilines is 1.